The molecule has 0 aliphatic rings. The number of aromatic nitrogens is 2. The second kappa shape index (κ2) is 7.74. The minimum atomic E-state index is -4.49. The van der Waals surface area contributed by atoms with Crippen molar-refractivity contribution in [3.63, 3.8) is 0 Å². The van der Waals surface area contributed by atoms with Crippen LogP contribution in [0.3, 0.4) is 0 Å². The highest BCUT2D eigenvalue weighted by molar-refractivity contribution is 5.95. The van der Waals surface area contributed by atoms with Gasteiger partial charge < -0.3 is 9.72 Å². The molecule has 0 atom stereocenters. The quantitative estimate of drug-likeness (QED) is 0.372. The Balaban J connectivity index is 2.05. The van der Waals surface area contributed by atoms with Crippen molar-refractivity contribution in [2.45, 2.75) is 13.1 Å². The summed E-state index contributed by atoms with van der Waals surface area (Å²) < 4.78 is 43.4. The maximum atomic E-state index is 12.8. The van der Waals surface area contributed by atoms with Gasteiger partial charge in [0.15, 0.2) is 5.69 Å². The molecule has 0 aliphatic carbocycles. The molecular formula is C19H14F3N3O4. The zero-order chi connectivity index (χ0) is 21.2. The van der Waals surface area contributed by atoms with E-state index in [-0.39, 0.29) is 35.1 Å². The van der Waals surface area contributed by atoms with Gasteiger partial charge in [0.05, 0.1) is 17.1 Å². The predicted octanol–water partition coefficient (Wildman–Crippen LogP) is 4.85. The van der Waals surface area contributed by atoms with Crippen LogP contribution in [0.2, 0.25) is 0 Å². The molecular weight excluding hydrogens is 391 g/mol. The molecule has 0 saturated carbocycles. The summed E-state index contributed by atoms with van der Waals surface area (Å²) in [5, 5.41) is 10.8. The number of hydrogen-bond donors (Lipinski definition) is 1. The molecule has 0 amide bonds. The molecule has 3 aromatic rings. The normalized spacial score (nSPS) is 11.3. The molecule has 1 heterocycles. The van der Waals surface area contributed by atoms with Crippen molar-refractivity contribution in [3.05, 3.63) is 69.9 Å². The fourth-order valence-electron chi connectivity index (χ4n) is 2.63. The van der Waals surface area contributed by atoms with Gasteiger partial charge in [-0.05, 0) is 31.2 Å². The summed E-state index contributed by atoms with van der Waals surface area (Å²) in [5.41, 5.74) is -0.116. The Morgan fingerprint density at radius 1 is 1.10 bits per heavy atom. The highest BCUT2D eigenvalue weighted by Gasteiger charge is 2.30. The Morgan fingerprint density at radius 2 is 1.69 bits per heavy atom. The van der Waals surface area contributed by atoms with E-state index in [9.17, 15) is 28.1 Å². The summed E-state index contributed by atoms with van der Waals surface area (Å²) in [6.45, 7) is 1.71. The molecule has 2 aromatic carbocycles. The lowest BCUT2D eigenvalue weighted by atomic mass is 10.1. The molecule has 0 unspecified atom stereocenters. The number of benzene rings is 2. The van der Waals surface area contributed by atoms with E-state index in [4.69, 9.17) is 4.74 Å². The number of rotatable bonds is 5. The molecule has 3 rings (SSSR count). The lowest BCUT2D eigenvalue weighted by molar-refractivity contribution is -0.384. The number of carbonyl (C=O) groups is 1. The zero-order valence-corrected chi connectivity index (χ0v) is 15.0. The number of nitrogens with one attached hydrogen (secondary N) is 1. The zero-order valence-electron chi connectivity index (χ0n) is 15.0. The van der Waals surface area contributed by atoms with Crippen molar-refractivity contribution in [1.82, 2.24) is 9.97 Å². The molecule has 0 radical (unpaired) electrons. The van der Waals surface area contributed by atoms with E-state index in [0.717, 1.165) is 12.1 Å². The fourth-order valence-corrected chi connectivity index (χ4v) is 2.63. The lowest BCUT2D eigenvalue weighted by Crippen LogP contribution is -2.07. The van der Waals surface area contributed by atoms with Gasteiger partial charge in [-0.2, -0.15) is 13.2 Å². The molecule has 0 fully saturated rings. The molecule has 0 bridgehead atoms. The van der Waals surface area contributed by atoms with Gasteiger partial charge in [0.1, 0.15) is 11.5 Å². The minimum absolute atomic E-state index is 0.0278. The van der Waals surface area contributed by atoms with E-state index < -0.39 is 22.6 Å². The number of esters is 1. The van der Waals surface area contributed by atoms with Gasteiger partial charge in [-0.1, -0.05) is 12.1 Å². The highest BCUT2D eigenvalue weighted by atomic mass is 19.4. The summed E-state index contributed by atoms with van der Waals surface area (Å²) in [4.78, 5) is 29.6. The molecule has 0 saturated heterocycles. The van der Waals surface area contributed by atoms with Crippen LogP contribution in [0, 0.1) is 10.1 Å². The number of imidazole rings is 1. The Morgan fingerprint density at radius 3 is 2.21 bits per heavy atom. The van der Waals surface area contributed by atoms with Gasteiger partial charge in [0, 0.05) is 23.3 Å². The van der Waals surface area contributed by atoms with E-state index in [1.165, 1.54) is 36.4 Å². The van der Waals surface area contributed by atoms with Crippen molar-refractivity contribution in [1.29, 1.82) is 0 Å². The molecule has 0 aliphatic heterocycles. The Hall–Kier alpha value is -3.69. The number of aromatic amines is 1. The maximum absolute atomic E-state index is 12.8. The van der Waals surface area contributed by atoms with Crippen LogP contribution >= 0.6 is 0 Å². The van der Waals surface area contributed by atoms with Crippen LogP contribution in [-0.4, -0.2) is 27.5 Å². The number of non-ortho nitro benzene ring substituents is 1. The van der Waals surface area contributed by atoms with Gasteiger partial charge in [-0.3, -0.25) is 10.1 Å². The van der Waals surface area contributed by atoms with Crippen molar-refractivity contribution >= 4 is 11.7 Å². The van der Waals surface area contributed by atoms with Gasteiger partial charge in [-0.15, -0.1) is 0 Å². The lowest BCUT2D eigenvalue weighted by Gasteiger charge is -2.07. The van der Waals surface area contributed by atoms with Crippen molar-refractivity contribution in [2.75, 3.05) is 6.61 Å². The first-order valence-corrected chi connectivity index (χ1v) is 8.40. The van der Waals surface area contributed by atoms with Crippen LogP contribution in [0.4, 0.5) is 18.9 Å². The average molecular weight is 405 g/mol. The van der Waals surface area contributed by atoms with E-state index in [2.05, 4.69) is 9.97 Å². The first kappa shape index (κ1) is 20.1. The third-order valence-electron chi connectivity index (χ3n) is 4.02. The van der Waals surface area contributed by atoms with Crippen LogP contribution in [0.1, 0.15) is 23.0 Å². The number of nitro benzene ring substituents is 1. The van der Waals surface area contributed by atoms with Gasteiger partial charge >= 0.3 is 12.1 Å². The van der Waals surface area contributed by atoms with Gasteiger partial charge in [0.2, 0.25) is 0 Å². The summed E-state index contributed by atoms with van der Waals surface area (Å²) in [6, 6.07) is 9.65. The molecule has 29 heavy (non-hydrogen) atoms. The number of alkyl halides is 3. The number of halogens is 3. The van der Waals surface area contributed by atoms with Crippen LogP contribution in [0.25, 0.3) is 22.6 Å². The summed E-state index contributed by atoms with van der Waals surface area (Å²) in [6.07, 6.45) is -4.49. The van der Waals surface area contributed by atoms with E-state index >= 15 is 0 Å². The van der Waals surface area contributed by atoms with Crippen LogP contribution in [0.5, 0.6) is 0 Å². The van der Waals surface area contributed by atoms with Gasteiger partial charge in [-0.25, -0.2) is 9.78 Å². The largest absolute Gasteiger partial charge is 0.461 e. The number of nitrogens with zero attached hydrogens (tertiary/aromatic N) is 2. The second-order valence-electron chi connectivity index (χ2n) is 5.91. The summed E-state index contributed by atoms with van der Waals surface area (Å²) in [7, 11) is 0. The molecule has 1 N–H and O–H groups in total. The Labute approximate surface area is 162 Å². The standard InChI is InChI=1S/C19H14F3N3O4/c1-2-29-18(26)16-15(11-3-7-13(8-4-11)19(20,21)22)23-17(24-16)12-5-9-14(10-6-12)25(27)28/h3-10H,2H2,1H3,(H,23,24). The first-order valence-electron chi connectivity index (χ1n) is 8.40. The third kappa shape index (κ3) is 4.26. The maximum Gasteiger partial charge on any atom is 0.416 e. The summed E-state index contributed by atoms with van der Waals surface area (Å²) in [5.74, 6) is -0.499. The molecule has 150 valence electrons. The fraction of sp³-hybridized carbons (Fsp3) is 0.158. The van der Waals surface area contributed by atoms with Crippen molar-refractivity contribution < 1.29 is 27.6 Å². The number of carbonyl (C=O) groups excluding carboxylic acids is 1. The Kier molecular flexibility index (Phi) is 5.35. The van der Waals surface area contributed by atoms with Crippen LogP contribution < -0.4 is 0 Å². The van der Waals surface area contributed by atoms with Crippen molar-refractivity contribution in [3.8, 4) is 22.6 Å². The predicted molar refractivity (Wildman–Crippen MR) is 97.1 cm³/mol. The van der Waals surface area contributed by atoms with E-state index in [1.807, 2.05) is 0 Å². The summed E-state index contributed by atoms with van der Waals surface area (Å²) >= 11 is 0. The third-order valence-corrected chi connectivity index (χ3v) is 4.02. The molecule has 1 aromatic heterocycles. The monoisotopic (exact) mass is 405 g/mol. The number of ether oxygens (including phenoxy) is 1. The number of nitro groups is 1. The topological polar surface area (TPSA) is 98.1 Å². The van der Waals surface area contributed by atoms with Crippen LogP contribution in [-0.2, 0) is 10.9 Å². The smallest absolute Gasteiger partial charge is 0.416 e. The van der Waals surface area contributed by atoms with Crippen molar-refractivity contribution in [2.24, 2.45) is 0 Å². The number of H-pyrrole nitrogens is 1. The average Bonchev–Trinajstić information content (AvgIpc) is 3.13. The number of hydrogen-bond acceptors (Lipinski definition) is 5. The highest BCUT2D eigenvalue weighted by Crippen LogP contribution is 2.32. The molecule has 7 nitrogen and oxygen atoms in total. The Bertz CT molecular complexity index is 1040. The minimum Gasteiger partial charge on any atom is -0.461 e. The van der Waals surface area contributed by atoms with Crippen LogP contribution in [0.15, 0.2) is 48.5 Å². The van der Waals surface area contributed by atoms with Gasteiger partial charge in [0.25, 0.3) is 5.69 Å². The van der Waals surface area contributed by atoms with E-state index in [1.54, 1.807) is 6.92 Å². The van der Waals surface area contributed by atoms with E-state index in [0.29, 0.717) is 5.56 Å². The molecule has 0 spiro atoms. The first-order chi connectivity index (χ1) is 13.7. The second-order valence-corrected chi connectivity index (χ2v) is 5.91. The SMILES string of the molecule is CCOC(=O)c1[nH]c(-c2ccc([N+](=O)[O-])cc2)nc1-c1ccc(C(F)(F)F)cc1. The molecule has 10 heteroatoms.